The summed E-state index contributed by atoms with van der Waals surface area (Å²) >= 11 is 0. The number of rotatable bonds is 5. The zero-order chi connectivity index (χ0) is 15.2. The molecule has 5 nitrogen and oxygen atoms in total. The minimum atomic E-state index is 0.463. The Morgan fingerprint density at radius 3 is 2.45 bits per heavy atom. The molecule has 2 heterocycles. The Hall–Kier alpha value is -0.810. The predicted molar refractivity (Wildman–Crippen MR) is 88.2 cm³/mol. The molecule has 0 atom stereocenters. The van der Waals surface area contributed by atoms with Crippen LogP contribution in [0.2, 0.25) is 0 Å². The van der Waals surface area contributed by atoms with Crippen LogP contribution in [0.15, 0.2) is 4.99 Å². The van der Waals surface area contributed by atoms with Gasteiger partial charge in [-0.05, 0) is 50.4 Å². The summed E-state index contributed by atoms with van der Waals surface area (Å²) in [6.07, 6.45) is 7.81. The summed E-state index contributed by atoms with van der Waals surface area (Å²) < 4.78 is 11.4. The smallest absolute Gasteiger partial charge is 0.193 e. The minimum Gasteiger partial charge on any atom is -0.381 e. The lowest BCUT2D eigenvalue weighted by molar-refractivity contribution is 0.0129. The van der Waals surface area contributed by atoms with Gasteiger partial charge in [0.2, 0.25) is 0 Å². The summed E-state index contributed by atoms with van der Waals surface area (Å²) in [5.41, 5.74) is 0. The number of nitrogens with zero attached hydrogens (tertiary/aromatic N) is 2. The van der Waals surface area contributed by atoms with Crippen molar-refractivity contribution in [3.63, 3.8) is 0 Å². The second kappa shape index (κ2) is 8.16. The lowest BCUT2D eigenvalue weighted by Gasteiger charge is -2.35. The average Bonchev–Trinajstić information content (AvgIpc) is 3.40. The summed E-state index contributed by atoms with van der Waals surface area (Å²) in [6, 6.07) is 0. The molecule has 3 rings (SSSR count). The van der Waals surface area contributed by atoms with E-state index in [9.17, 15) is 0 Å². The van der Waals surface area contributed by atoms with E-state index in [0.29, 0.717) is 6.10 Å². The molecule has 0 aromatic rings. The Bertz CT molecular complexity index is 357. The molecule has 0 bridgehead atoms. The molecule has 2 aliphatic heterocycles. The van der Waals surface area contributed by atoms with Gasteiger partial charge < -0.3 is 19.7 Å². The van der Waals surface area contributed by atoms with Crippen molar-refractivity contribution >= 4 is 5.96 Å². The van der Waals surface area contributed by atoms with Crippen LogP contribution in [-0.2, 0) is 9.47 Å². The minimum absolute atomic E-state index is 0.463. The molecule has 0 radical (unpaired) electrons. The van der Waals surface area contributed by atoms with Crippen molar-refractivity contribution < 1.29 is 9.47 Å². The zero-order valence-electron chi connectivity index (χ0n) is 13.9. The fourth-order valence-electron chi connectivity index (χ4n) is 3.31. The third-order valence-corrected chi connectivity index (χ3v) is 5.11. The number of likely N-dealkylation sites (tertiary alicyclic amines) is 1. The van der Waals surface area contributed by atoms with E-state index in [1.165, 1.54) is 25.7 Å². The van der Waals surface area contributed by atoms with E-state index in [1.807, 2.05) is 7.05 Å². The number of aliphatic imine (C=N–C) groups is 1. The summed E-state index contributed by atoms with van der Waals surface area (Å²) in [4.78, 5) is 6.85. The highest BCUT2D eigenvalue weighted by Gasteiger charge is 2.26. The maximum Gasteiger partial charge on any atom is 0.193 e. The molecule has 0 spiro atoms. The van der Waals surface area contributed by atoms with Crippen LogP contribution in [-0.4, -0.2) is 63.5 Å². The Morgan fingerprint density at radius 1 is 1.09 bits per heavy atom. The van der Waals surface area contributed by atoms with Crippen LogP contribution >= 0.6 is 0 Å². The first-order valence-electron chi connectivity index (χ1n) is 9.00. The molecule has 2 saturated heterocycles. The van der Waals surface area contributed by atoms with E-state index in [0.717, 1.165) is 70.1 Å². The van der Waals surface area contributed by atoms with Gasteiger partial charge in [0.15, 0.2) is 5.96 Å². The van der Waals surface area contributed by atoms with Gasteiger partial charge in [0, 0.05) is 46.5 Å². The lowest BCUT2D eigenvalue weighted by atomic mass is 10.0. The maximum atomic E-state index is 6.02. The molecule has 0 unspecified atom stereocenters. The van der Waals surface area contributed by atoms with Gasteiger partial charge in [-0.25, -0.2) is 0 Å². The molecule has 22 heavy (non-hydrogen) atoms. The lowest BCUT2D eigenvalue weighted by Crippen LogP contribution is -2.48. The van der Waals surface area contributed by atoms with Crippen LogP contribution in [0.1, 0.15) is 38.5 Å². The molecule has 0 aromatic heterocycles. The van der Waals surface area contributed by atoms with Crippen molar-refractivity contribution in [2.45, 2.75) is 44.6 Å². The molecule has 3 fully saturated rings. The average molecular weight is 309 g/mol. The number of guanidine groups is 1. The molecule has 0 aromatic carbocycles. The highest BCUT2D eigenvalue weighted by atomic mass is 16.5. The van der Waals surface area contributed by atoms with E-state index in [2.05, 4.69) is 15.2 Å². The van der Waals surface area contributed by atoms with Crippen molar-refractivity contribution in [2.24, 2.45) is 16.8 Å². The van der Waals surface area contributed by atoms with Gasteiger partial charge in [0.05, 0.1) is 6.10 Å². The second-order valence-electron chi connectivity index (χ2n) is 6.95. The van der Waals surface area contributed by atoms with Gasteiger partial charge in [-0.3, -0.25) is 4.99 Å². The quantitative estimate of drug-likeness (QED) is 0.622. The van der Waals surface area contributed by atoms with E-state index in [4.69, 9.17) is 9.47 Å². The zero-order valence-corrected chi connectivity index (χ0v) is 13.9. The molecule has 1 aliphatic carbocycles. The summed E-state index contributed by atoms with van der Waals surface area (Å²) in [6.45, 7) is 5.95. The van der Waals surface area contributed by atoms with Gasteiger partial charge >= 0.3 is 0 Å². The van der Waals surface area contributed by atoms with Crippen molar-refractivity contribution in [3.8, 4) is 0 Å². The SMILES string of the molecule is CN=C(NCC1CCOCC1)N1CCC(OCC2CC2)CC1. The standard InChI is InChI=1S/C17H31N3O2/c1-18-17(19-12-14-6-10-21-11-7-14)20-8-4-16(5-9-20)22-13-15-2-3-15/h14-16H,2-13H2,1H3,(H,18,19). The molecule has 1 saturated carbocycles. The fraction of sp³-hybridized carbons (Fsp3) is 0.941. The number of ether oxygens (including phenoxy) is 2. The first-order valence-corrected chi connectivity index (χ1v) is 9.00. The van der Waals surface area contributed by atoms with Crippen LogP contribution in [0.3, 0.4) is 0 Å². The van der Waals surface area contributed by atoms with Gasteiger partial charge in [-0.2, -0.15) is 0 Å². The first-order chi connectivity index (χ1) is 10.8. The Morgan fingerprint density at radius 2 is 1.82 bits per heavy atom. The van der Waals surface area contributed by atoms with Crippen LogP contribution in [0.4, 0.5) is 0 Å². The van der Waals surface area contributed by atoms with Gasteiger partial charge in [-0.1, -0.05) is 0 Å². The van der Waals surface area contributed by atoms with E-state index in [1.54, 1.807) is 0 Å². The largest absolute Gasteiger partial charge is 0.381 e. The van der Waals surface area contributed by atoms with Gasteiger partial charge in [0.25, 0.3) is 0 Å². The number of piperidine rings is 1. The van der Waals surface area contributed by atoms with Crippen molar-refractivity contribution in [3.05, 3.63) is 0 Å². The Balaban J connectivity index is 1.36. The van der Waals surface area contributed by atoms with E-state index >= 15 is 0 Å². The Labute approximate surface area is 134 Å². The molecule has 126 valence electrons. The van der Waals surface area contributed by atoms with Gasteiger partial charge in [0.1, 0.15) is 0 Å². The first kappa shape index (κ1) is 16.1. The van der Waals surface area contributed by atoms with E-state index < -0.39 is 0 Å². The predicted octanol–water partition coefficient (Wildman–Crippen LogP) is 1.88. The highest BCUT2D eigenvalue weighted by Crippen LogP contribution is 2.30. The third-order valence-electron chi connectivity index (χ3n) is 5.11. The molecular formula is C17H31N3O2. The highest BCUT2D eigenvalue weighted by molar-refractivity contribution is 5.79. The maximum absolute atomic E-state index is 6.02. The second-order valence-corrected chi connectivity index (χ2v) is 6.95. The normalized spacial score (nSPS) is 25.5. The van der Waals surface area contributed by atoms with Crippen molar-refractivity contribution in [2.75, 3.05) is 46.5 Å². The monoisotopic (exact) mass is 309 g/mol. The van der Waals surface area contributed by atoms with E-state index in [-0.39, 0.29) is 0 Å². The summed E-state index contributed by atoms with van der Waals surface area (Å²) in [7, 11) is 1.89. The number of nitrogens with one attached hydrogen (secondary N) is 1. The summed E-state index contributed by atoms with van der Waals surface area (Å²) in [5.74, 6) is 2.66. The van der Waals surface area contributed by atoms with Crippen LogP contribution in [0.5, 0.6) is 0 Å². The molecule has 1 N–H and O–H groups in total. The van der Waals surface area contributed by atoms with Gasteiger partial charge in [-0.15, -0.1) is 0 Å². The third kappa shape index (κ3) is 4.85. The van der Waals surface area contributed by atoms with Crippen molar-refractivity contribution in [1.29, 1.82) is 0 Å². The van der Waals surface area contributed by atoms with Crippen LogP contribution in [0, 0.1) is 11.8 Å². The van der Waals surface area contributed by atoms with Crippen LogP contribution < -0.4 is 5.32 Å². The number of hydrogen-bond acceptors (Lipinski definition) is 3. The molecule has 3 aliphatic rings. The molecule has 0 amide bonds. The van der Waals surface area contributed by atoms with Crippen LogP contribution in [0.25, 0.3) is 0 Å². The molecular weight excluding hydrogens is 278 g/mol. The molecule has 5 heteroatoms. The fourth-order valence-corrected chi connectivity index (χ4v) is 3.31. The summed E-state index contributed by atoms with van der Waals surface area (Å²) in [5, 5.41) is 3.56. The topological polar surface area (TPSA) is 46.1 Å². The number of hydrogen-bond donors (Lipinski definition) is 1. The van der Waals surface area contributed by atoms with Crippen molar-refractivity contribution in [1.82, 2.24) is 10.2 Å². The Kier molecular flexibility index (Phi) is 5.96.